The molecule has 0 aliphatic carbocycles. The van der Waals surface area contributed by atoms with Crippen LogP contribution in [0.1, 0.15) is 31.7 Å². The number of benzene rings is 2. The van der Waals surface area contributed by atoms with Gasteiger partial charge < -0.3 is 4.40 Å². The van der Waals surface area contributed by atoms with Crippen LogP contribution < -0.4 is 10.9 Å². The van der Waals surface area contributed by atoms with Gasteiger partial charge in [0, 0.05) is 22.9 Å². The maximum Gasteiger partial charge on any atom is 0.198 e. The first kappa shape index (κ1) is 17.8. The van der Waals surface area contributed by atoms with Gasteiger partial charge in [-0.3, -0.25) is 9.59 Å². The van der Waals surface area contributed by atoms with Crippen molar-refractivity contribution in [1.82, 2.24) is 4.40 Å². The minimum atomic E-state index is -1.96. The van der Waals surface area contributed by atoms with Gasteiger partial charge in [-0.2, -0.15) is 0 Å². The summed E-state index contributed by atoms with van der Waals surface area (Å²) in [5.74, 6) is -7.02. The molecule has 146 valence electrons. The molecule has 0 radical (unpaired) electrons. The highest BCUT2D eigenvalue weighted by atomic mass is 19.2. The average molecular weight is 399 g/mol. The van der Waals surface area contributed by atoms with Gasteiger partial charge in [0.15, 0.2) is 34.1 Å². The van der Waals surface area contributed by atoms with Gasteiger partial charge in [0.2, 0.25) is 0 Å². The summed E-state index contributed by atoms with van der Waals surface area (Å²) in [5, 5.41) is -0.679. The number of rotatable bonds is 2. The number of halogens is 4. The fraction of sp³-hybridized carbons (Fsp3) is 0.182. The largest absolute Gasteiger partial charge is 0.307 e. The third-order valence-corrected chi connectivity index (χ3v) is 5.86. The Labute approximate surface area is 160 Å². The Hall–Kier alpha value is -3.22. The molecule has 0 spiro atoms. The van der Waals surface area contributed by atoms with E-state index in [1.807, 2.05) is 13.8 Å². The SMILES string of the molecule is CCC(C)c1cc2c(=O)cc3c4c(F)c(F)c(F)c(F)c4c4cc(=O)c(c1)c2n34. The van der Waals surface area contributed by atoms with Crippen molar-refractivity contribution >= 4 is 38.1 Å². The first-order valence-electron chi connectivity index (χ1n) is 9.13. The molecule has 0 saturated carbocycles. The molecule has 3 nitrogen and oxygen atoms in total. The Morgan fingerprint density at radius 2 is 1.24 bits per heavy atom. The molecule has 3 heterocycles. The lowest BCUT2D eigenvalue weighted by molar-refractivity contribution is 0.418. The third-order valence-electron chi connectivity index (χ3n) is 5.86. The van der Waals surface area contributed by atoms with E-state index in [0.29, 0.717) is 0 Å². The van der Waals surface area contributed by atoms with E-state index in [1.165, 1.54) is 4.40 Å². The first-order chi connectivity index (χ1) is 13.8. The molecule has 0 fully saturated rings. The monoisotopic (exact) mass is 399 g/mol. The van der Waals surface area contributed by atoms with Gasteiger partial charge in [-0.1, -0.05) is 13.8 Å². The second-order valence-corrected chi connectivity index (χ2v) is 7.40. The van der Waals surface area contributed by atoms with Crippen LogP contribution in [0.4, 0.5) is 17.6 Å². The second-order valence-electron chi connectivity index (χ2n) is 7.40. The van der Waals surface area contributed by atoms with Crippen molar-refractivity contribution < 1.29 is 17.6 Å². The lowest BCUT2D eigenvalue weighted by Crippen LogP contribution is -2.11. The molecule has 0 saturated heterocycles. The Morgan fingerprint density at radius 3 is 1.66 bits per heavy atom. The van der Waals surface area contributed by atoms with Gasteiger partial charge >= 0.3 is 0 Å². The molecule has 0 aliphatic heterocycles. The molecule has 2 aromatic carbocycles. The van der Waals surface area contributed by atoms with Crippen LogP contribution in [0.15, 0.2) is 33.9 Å². The quantitative estimate of drug-likeness (QED) is 0.236. The Balaban J connectivity index is 2.17. The standard InChI is InChI=1S/C22H13F4NO2/c1-3-8(2)9-4-10-14(28)6-12-16-17(19(24)21(26)20(25)18(16)23)13-7-15(29)11(5-9)22(10)27(12)13/h4-8H,3H2,1-2H3. The molecule has 1 unspecified atom stereocenters. The molecule has 0 aliphatic rings. The van der Waals surface area contributed by atoms with Crippen LogP contribution >= 0.6 is 0 Å². The summed E-state index contributed by atoms with van der Waals surface area (Å²) < 4.78 is 58.3. The summed E-state index contributed by atoms with van der Waals surface area (Å²) in [6, 6.07) is 5.47. The van der Waals surface area contributed by atoms with E-state index in [0.717, 1.165) is 24.1 Å². The normalized spacial score (nSPS) is 13.4. The van der Waals surface area contributed by atoms with Crippen molar-refractivity contribution in [3.8, 4) is 0 Å². The van der Waals surface area contributed by atoms with Gasteiger partial charge in [0.05, 0.1) is 27.3 Å². The van der Waals surface area contributed by atoms with Crippen LogP contribution in [0.3, 0.4) is 0 Å². The smallest absolute Gasteiger partial charge is 0.198 e. The topological polar surface area (TPSA) is 38.5 Å². The van der Waals surface area contributed by atoms with E-state index in [1.54, 1.807) is 12.1 Å². The van der Waals surface area contributed by atoms with Crippen LogP contribution in [0.5, 0.6) is 0 Å². The molecular weight excluding hydrogens is 386 g/mol. The van der Waals surface area contributed by atoms with Gasteiger partial charge in [-0.25, -0.2) is 17.6 Å². The Morgan fingerprint density at radius 1 is 0.793 bits per heavy atom. The van der Waals surface area contributed by atoms with Crippen molar-refractivity contribution in [3.63, 3.8) is 0 Å². The molecule has 5 aromatic rings. The highest BCUT2D eigenvalue weighted by Gasteiger charge is 2.28. The van der Waals surface area contributed by atoms with E-state index >= 15 is 0 Å². The zero-order chi connectivity index (χ0) is 20.8. The van der Waals surface area contributed by atoms with Crippen LogP contribution in [-0.4, -0.2) is 4.40 Å². The zero-order valence-corrected chi connectivity index (χ0v) is 15.4. The predicted molar refractivity (Wildman–Crippen MR) is 103 cm³/mol. The average Bonchev–Trinajstić information content (AvgIpc) is 3.03. The van der Waals surface area contributed by atoms with E-state index in [9.17, 15) is 27.2 Å². The van der Waals surface area contributed by atoms with Gasteiger partial charge in [-0.05, 0) is 30.0 Å². The van der Waals surface area contributed by atoms with E-state index in [2.05, 4.69) is 0 Å². The number of fused-ring (bicyclic) bond motifs is 3. The summed E-state index contributed by atoms with van der Waals surface area (Å²) in [5.41, 5.74) is -0.248. The highest BCUT2D eigenvalue weighted by Crippen LogP contribution is 2.38. The first-order valence-corrected chi connectivity index (χ1v) is 9.13. The van der Waals surface area contributed by atoms with Crippen molar-refractivity contribution in [3.05, 3.63) is 73.5 Å². The van der Waals surface area contributed by atoms with Gasteiger partial charge in [0.1, 0.15) is 0 Å². The number of hydrogen-bond acceptors (Lipinski definition) is 2. The number of aromatic nitrogens is 1. The lowest BCUT2D eigenvalue weighted by atomic mass is 9.94. The maximum absolute atomic E-state index is 14.6. The summed E-state index contributed by atoms with van der Waals surface area (Å²) in [6.45, 7) is 3.93. The molecule has 0 bridgehead atoms. The van der Waals surface area contributed by atoms with E-state index < -0.39 is 44.9 Å². The summed E-state index contributed by atoms with van der Waals surface area (Å²) in [7, 11) is 0. The summed E-state index contributed by atoms with van der Waals surface area (Å²) in [6.07, 6.45) is 0.785. The summed E-state index contributed by atoms with van der Waals surface area (Å²) >= 11 is 0. The third kappa shape index (κ3) is 2.07. The van der Waals surface area contributed by atoms with E-state index in [4.69, 9.17) is 0 Å². The molecule has 0 N–H and O–H groups in total. The molecule has 5 rings (SSSR count). The second kappa shape index (κ2) is 5.65. The van der Waals surface area contributed by atoms with Crippen LogP contribution in [0.25, 0.3) is 38.1 Å². The maximum atomic E-state index is 14.6. The minimum absolute atomic E-state index is 0.0850. The Bertz CT molecular complexity index is 1480. The molecule has 3 aromatic heterocycles. The molecule has 0 amide bonds. The van der Waals surface area contributed by atoms with Crippen molar-refractivity contribution in [2.75, 3.05) is 0 Å². The van der Waals surface area contributed by atoms with Crippen molar-refractivity contribution in [1.29, 1.82) is 0 Å². The van der Waals surface area contributed by atoms with Crippen LogP contribution in [0.2, 0.25) is 0 Å². The number of nitrogens with zero attached hydrogens (tertiary/aromatic N) is 1. The molecule has 1 atom stereocenters. The molecular formula is C22H13F4NO2. The Kier molecular flexibility index (Phi) is 3.48. The molecule has 29 heavy (non-hydrogen) atoms. The highest BCUT2D eigenvalue weighted by molar-refractivity contribution is 6.14. The number of pyridine rings is 2. The zero-order valence-electron chi connectivity index (χ0n) is 15.4. The predicted octanol–water partition coefficient (Wildman–Crippen LogP) is 5.06. The minimum Gasteiger partial charge on any atom is -0.307 e. The van der Waals surface area contributed by atoms with Crippen LogP contribution in [-0.2, 0) is 0 Å². The fourth-order valence-corrected chi connectivity index (χ4v) is 4.18. The van der Waals surface area contributed by atoms with Crippen molar-refractivity contribution in [2.45, 2.75) is 26.2 Å². The number of hydrogen-bond donors (Lipinski definition) is 0. The van der Waals surface area contributed by atoms with E-state index in [-0.39, 0.29) is 33.2 Å². The lowest BCUT2D eigenvalue weighted by Gasteiger charge is -2.13. The van der Waals surface area contributed by atoms with Crippen molar-refractivity contribution in [2.24, 2.45) is 0 Å². The van der Waals surface area contributed by atoms with Crippen LogP contribution in [0, 0.1) is 23.3 Å². The van der Waals surface area contributed by atoms with Gasteiger partial charge in [-0.15, -0.1) is 0 Å². The van der Waals surface area contributed by atoms with Gasteiger partial charge in [0.25, 0.3) is 0 Å². The fourth-order valence-electron chi connectivity index (χ4n) is 4.18. The summed E-state index contributed by atoms with van der Waals surface area (Å²) in [4.78, 5) is 25.6. The molecule has 7 heteroatoms.